The summed E-state index contributed by atoms with van der Waals surface area (Å²) in [6, 6.07) is 7.93. The van der Waals surface area contributed by atoms with Crippen LogP contribution in [0.25, 0.3) is 0 Å². The lowest BCUT2D eigenvalue weighted by Crippen LogP contribution is -2.38. The van der Waals surface area contributed by atoms with E-state index in [4.69, 9.17) is 10.5 Å². The van der Waals surface area contributed by atoms with Crippen molar-refractivity contribution in [2.75, 3.05) is 13.7 Å². The fourth-order valence-corrected chi connectivity index (χ4v) is 1.82. The lowest BCUT2D eigenvalue weighted by Gasteiger charge is -2.24. The van der Waals surface area contributed by atoms with E-state index in [1.54, 1.807) is 18.9 Å². The Labute approximate surface area is 109 Å². The number of rotatable bonds is 6. The molecule has 1 unspecified atom stereocenters. The Kier molecular flexibility index (Phi) is 5.82. The summed E-state index contributed by atoms with van der Waals surface area (Å²) in [6.45, 7) is 5.45. The highest BCUT2D eigenvalue weighted by atomic mass is 16.5. The second-order valence-corrected chi connectivity index (χ2v) is 4.20. The Morgan fingerprint density at radius 2 is 2.00 bits per heavy atom. The molecule has 1 amide bonds. The van der Waals surface area contributed by atoms with Gasteiger partial charge in [-0.2, -0.15) is 0 Å². The molecule has 0 spiro atoms. The van der Waals surface area contributed by atoms with Gasteiger partial charge in [0.2, 0.25) is 0 Å². The maximum absolute atomic E-state index is 12.1. The van der Waals surface area contributed by atoms with Crippen molar-refractivity contribution in [2.45, 2.75) is 33.0 Å². The maximum Gasteiger partial charge on any atom is 0.251 e. The second-order valence-electron chi connectivity index (χ2n) is 4.20. The molecule has 0 saturated heterocycles. The molecule has 1 aromatic carbocycles. The average Bonchev–Trinajstić information content (AvgIpc) is 2.43. The van der Waals surface area contributed by atoms with Crippen LogP contribution in [0.15, 0.2) is 24.3 Å². The van der Waals surface area contributed by atoms with Crippen molar-refractivity contribution in [1.29, 1.82) is 0 Å². The highest BCUT2D eigenvalue weighted by Crippen LogP contribution is 2.12. The van der Waals surface area contributed by atoms with Gasteiger partial charge >= 0.3 is 0 Å². The summed E-state index contributed by atoms with van der Waals surface area (Å²) >= 11 is 0. The van der Waals surface area contributed by atoms with E-state index in [2.05, 4.69) is 0 Å². The average molecular weight is 250 g/mol. The number of amides is 1. The fraction of sp³-hybridized carbons (Fsp3) is 0.500. The van der Waals surface area contributed by atoms with Crippen LogP contribution in [0, 0.1) is 0 Å². The highest BCUT2D eigenvalue weighted by molar-refractivity contribution is 5.80. The van der Waals surface area contributed by atoms with Crippen molar-refractivity contribution >= 4 is 5.91 Å². The first-order valence-electron chi connectivity index (χ1n) is 6.22. The first-order chi connectivity index (χ1) is 8.63. The molecular formula is C14H22N2O2. The molecule has 4 nitrogen and oxygen atoms in total. The third-order valence-corrected chi connectivity index (χ3v) is 3.09. The lowest BCUT2D eigenvalue weighted by molar-refractivity contribution is -0.141. The summed E-state index contributed by atoms with van der Waals surface area (Å²) in [5.74, 6) is 0.00632. The molecule has 0 heterocycles. The first-order valence-corrected chi connectivity index (χ1v) is 6.22. The number of carbonyl (C=O) groups is 1. The van der Waals surface area contributed by atoms with E-state index in [-0.39, 0.29) is 5.91 Å². The van der Waals surface area contributed by atoms with Gasteiger partial charge in [0.25, 0.3) is 5.91 Å². The monoisotopic (exact) mass is 250 g/mol. The van der Waals surface area contributed by atoms with Gasteiger partial charge < -0.3 is 15.4 Å². The molecule has 0 aliphatic carbocycles. The molecule has 0 fully saturated rings. The van der Waals surface area contributed by atoms with Gasteiger partial charge in [0.1, 0.15) is 6.10 Å². The minimum absolute atomic E-state index is 0.00632. The van der Waals surface area contributed by atoms with Crippen LogP contribution in [0.4, 0.5) is 0 Å². The van der Waals surface area contributed by atoms with Crippen molar-refractivity contribution in [1.82, 2.24) is 4.90 Å². The number of benzene rings is 1. The standard InChI is InChI=1S/C14H22N2O2/c1-4-16(14(17)11(2)18-3)10-13-8-6-5-7-12(13)9-15/h5-8,11H,4,9-10,15H2,1-3H3. The number of ether oxygens (including phenoxy) is 1. The molecule has 1 rings (SSSR count). The van der Waals surface area contributed by atoms with Gasteiger partial charge in [-0.05, 0) is 25.0 Å². The van der Waals surface area contributed by atoms with Crippen molar-refractivity contribution < 1.29 is 9.53 Å². The van der Waals surface area contributed by atoms with E-state index in [0.29, 0.717) is 19.6 Å². The molecule has 0 aliphatic rings. The third kappa shape index (κ3) is 3.55. The van der Waals surface area contributed by atoms with E-state index in [0.717, 1.165) is 11.1 Å². The Hall–Kier alpha value is -1.39. The third-order valence-electron chi connectivity index (χ3n) is 3.09. The van der Waals surface area contributed by atoms with E-state index < -0.39 is 6.10 Å². The van der Waals surface area contributed by atoms with Crippen LogP contribution in [-0.2, 0) is 22.6 Å². The number of hydrogen-bond acceptors (Lipinski definition) is 3. The number of hydrogen-bond donors (Lipinski definition) is 1. The molecule has 18 heavy (non-hydrogen) atoms. The van der Waals surface area contributed by atoms with Crippen LogP contribution >= 0.6 is 0 Å². The quantitative estimate of drug-likeness (QED) is 0.833. The summed E-state index contributed by atoms with van der Waals surface area (Å²) in [5.41, 5.74) is 7.88. The minimum Gasteiger partial charge on any atom is -0.372 e. The number of carbonyl (C=O) groups excluding carboxylic acids is 1. The fourth-order valence-electron chi connectivity index (χ4n) is 1.82. The van der Waals surface area contributed by atoms with E-state index >= 15 is 0 Å². The smallest absolute Gasteiger partial charge is 0.251 e. The zero-order valence-corrected chi connectivity index (χ0v) is 11.3. The molecule has 1 atom stereocenters. The maximum atomic E-state index is 12.1. The Morgan fingerprint density at radius 1 is 1.39 bits per heavy atom. The molecule has 0 radical (unpaired) electrons. The molecule has 0 aliphatic heterocycles. The highest BCUT2D eigenvalue weighted by Gasteiger charge is 2.19. The summed E-state index contributed by atoms with van der Waals surface area (Å²) in [4.78, 5) is 13.9. The van der Waals surface area contributed by atoms with Crippen LogP contribution in [0.1, 0.15) is 25.0 Å². The van der Waals surface area contributed by atoms with Crippen molar-refractivity contribution in [3.63, 3.8) is 0 Å². The molecule has 2 N–H and O–H groups in total. The van der Waals surface area contributed by atoms with E-state index in [9.17, 15) is 4.79 Å². The Morgan fingerprint density at radius 3 is 2.50 bits per heavy atom. The SMILES string of the molecule is CCN(Cc1ccccc1CN)C(=O)C(C)OC. The molecule has 100 valence electrons. The summed E-state index contributed by atoms with van der Waals surface area (Å²) < 4.78 is 5.07. The van der Waals surface area contributed by atoms with Gasteiger partial charge in [-0.25, -0.2) is 0 Å². The minimum atomic E-state index is -0.407. The van der Waals surface area contributed by atoms with Gasteiger partial charge in [-0.15, -0.1) is 0 Å². The van der Waals surface area contributed by atoms with Gasteiger partial charge in [-0.1, -0.05) is 24.3 Å². The van der Waals surface area contributed by atoms with Gasteiger partial charge in [-0.3, -0.25) is 4.79 Å². The molecule has 0 bridgehead atoms. The topological polar surface area (TPSA) is 55.6 Å². The zero-order valence-electron chi connectivity index (χ0n) is 11.3. The van der Waals surface area contributed by atoms with Gasteiger partial charge in [0.15, 0.2) is 0 Å². The zero-order chi connectivity index (χ0) is 13.5. The lowest BCUT2D eigenvalue weighted by atomic mass is 10.1. The predicted molar refractivity (Wildman–Crippen MR) is 71.9 cm³/mol. The Balaban J connectivity index is 2.82. The molecule has 4 heteroatoms. The first kappa shape index (κ1) is 14.7. The van der Waals surface area contributed by atoms with Crippen LogP contribution in [0.3, 0.4) is 0 Å². The largest absolute Gasteiger partial charge is 0.372 e. The predicted octanol–water partition coefficient (Wildman–Crippen LogP) is 1.53. The molecular weight excluding hydrogens is 228 g/mol. The number of methoxy groups -OCH3 is 1. The summed E-state index contributed by atoms with van der Waals surface area (Å²) in [6.07, 6.45) is -0.407. The van der Waals surface area contributed by atoms with Crippen molar-refractivity contribution in [3.8, 4) is 0 Å². The van der Waals surface area contributed by atoms with Crippen LogP contribution < -0.4 is 5.73 Å². The van der Waals surface area contributed by atoms with Crippen LogP contribution in [-0.4, -0.2) is 30.6 Å². The summed E-state index contributed by atoms with van der Waals surface area (Å²) in [5, 5.41) is 0. The number of likely N-dealkylation sites (N-methyl/N-ethyl adjacent to an activating group) is 1. The second kappa shape index (κ2) is 7.13. The van der Waals surface area contributed by atoms with Crippen molar-refractivity contribution in [2.24, 2.45) is 5.73 Å². The van der Waals surface area contributed by atoms with Gasteiger partial charge in [0.05, 0.1) is 0 Å². The number of nitrogens with zero attached hydrogens (tertiary/aromatic N) is 1. The summed E-state index contributed by atoms with van der Waals surface area (Å²) in [7, 11) is 1.55. The Bertz CT molecular complexity index is 393. The van der Waals surface area contributed by atoms with Crippen LogP contribution in [0.2, 0.25) is 0 Å². The molecule has 0 saturated carbocycles. The van der Waals surface area contributed by atoms with Gasteiger partial charge in [0, 0.05) is 26.7 Å². The van der Waals surface area contributed by atoms with E-state index in [1.165, 1.54) is 0 Å². The number of nitrogens with two attached hydrogens (primary N) is 1. The molecule has 0 aromatic heterocycles. The normalized spacial score (nSPS) is 12.2. The van der Waals surface area contributed by atoms with Crippen LogP contribution in [0.5, 0.6) is 0 Å². The molecule has 1 aromatic rings. The van der Waals surface area contributed by atoms with E-state index in [1.807, 2.05) is 31.2 Å². The van der Waals surface area contributed by atoms with Crippen molar-refractivity contribution in [3.05, 3.63) is 35.4 Å².